The molecule has 0 radical (unpaired) electrons. The minimum atomic E-state index is -3.31. The molecule has 0 saturated carbocycles. The average Bonchev–Trinajstić information content (AvgIpc) is 2.61. The molecule has 0 aliphatic heterocycles. The fourth-order valence-electron chi connectivity index (χ4n) is 2.29. The van der Waals surface area contributed by atoms with Crippen LogP contribution in [-0.4, -0.2) is 38.7 Å². The van der Waals surface area contributed by atoms with Crippen molar-refractivity contribution in [3.05, 3.63) is 65.2 Å². The normalized spacial score (nSPS) is 11.1. The monoisotopic (exact) mass is 380 g/mol. The lowest BCUT2D eigenvalue weighted by atomic mass is 10.2. The van der Waals surface area contributed by atoms with Crippen molar-refractivity contribution in [3.8, 4) is 0 Å². The summed E-state index contributed by atoms with van der Waals surface area (Å²) in [5.74, 6) is -0.00841. The van der Waals surface area contributed by atoms with Crippen molar-refractivity contribution in [3.63, 3.8) is 0 Å². The molecule has 2 aromatic carbocycles. The van der Waals surface area contributed by atoms with Crippen molar-refractivity contribution in [1.82, 2.24) is 10.2 Å². The number of benzene rings is 2. The molecule has 0 aromatic heterocycles. The molecule has 0 unspecified atom stereocenters. The summed E-state index contributed by atoms with van der Waals surface area (Å²) < 4.78 is 24.3. The minimum absolute atomic E-state index is 0.00841. The molecule has 0 saturated heterocycles. The second kappa shape index (κ2) is 8.87. The summed E-state index contributed by atoms with van der Waals surface area (Å²) in [6.07, 6.45) is 0.350. The van der Waals surface area contributed by atoms with Crippen LogP contribution in [0.2, 0.25) is 5.02 Å². The van der Waals surface area contributed by atoms with Gasteiger partial charge in [-0.05, 0) is 30.2 Å². The van der Waals surface area contributed by atoms with Gasteiger partial charge in [-0.1, -0.05) is 48.0 Å². The molecular weight excluding hydrogens is 360 g/mol. The quantitative estimate of drug-likeness (QED) is 0.749. The van der Waals surface area contributed by atoms with Crippen molar-refractivity contribution in [1.29, 1.82) is 0 Å². The predicted octanol–water partition coefficient (Wildman–Crippen LogP) is 3.35. The number of hydrogen-bond acceptors (Lipinski definition) is 3. The van der Waals surface area contributed by atoms with Crippen LogP contribution < -0.4 is 5.32 Å². The van der Waals surface area contributed by atoms with E-state index in [0.717, 1.165) is 5.56 Å². The molecule has 0 heterocycles. The maximum Gasteiger partial charge on any atom is 0.317 e. The molecule has 7 heteroatoms. The number of rotatable bonds is 7. The van der Waals surface area contributed by atoms with Gasteiger partial charge in [-0.3, -0.25) is 0 Å². The highest BCUT2D eigenvalue weighted by Crippen LogP contribution is 2.16. The third-order valence-corrected chi connectivity index (χ3v) is 5.87. The van der Waals surface area contributed by atoms with E-state index in [1.165, 1.54) is 4.90 Å². The van der Waals surface area contributed by atoms with Crippen LogP contribution in [0.3, 0.4) is 0 Å². The Balaban J connectivity index is 1.78. The number of hydrogen-bond donors (Lipinski definition) is 1. The van der Waals surface area contributed by atoms with Gasteiger partial charge < -0.3 is 10.2 Å². The Morgan fingerprint density at radius 1 is 1.08 bits per heavy atom. The largest absolute Gasteiger partial charge is 0.338 e. The highest BCUT2D eigenvalue weighted by Gasteiger charge is 2.14. The molecule has 2 aromatic rings. The SMILES string of the molecule is CN(Cc1ccccc1Cl)C(=O)NCCCS(=O)(=O)c1ccccc1. The second-order valence-electron chi connectivity index (χ2n) is 5.66. The number of carbonyl (C=O) groups is 1. The van der Waals surface area contributed by atoms with Crippen molar-refractivity contribution >= 4 is 27.5 Å². The van der Waals surface area contributed by atoms with Gasteiger partial charge >= 0.3 is 6.03 Å². The van der Waals surface area contributed by atoms with Gasteiger partial charge in [0.15, 0.2) is 9.84 Å². The Hall–Kier alpha value is -2.05. The molecule has 1 N–H and O–H groups in total. The average molecular weight is 381 g/mol. The van der Waals surface area contributed by atoms with Crippen molar-refractivity contribution in [2.75, 3.05) is 19.3 Å². The van der Waals surface area contributed by atoms with E-state index in [1.807, 2.05) is 18.2 Å². The predicted molar refractivity (Wildman–Crippen MR) is 99.4 cm³/mol. The highest BCUT2D eigenvalue weighted by atomic mass is 35.5. The summed E-state index contributed by atoms with van der Waals surface area (Å²) in [6, 6.07) is 15.4. The van der Waals surface area contributed by atoms with E-state index >= 15 is 0 Å². The fraction of sp³-hybridized carbons (Fsp3) is 0.278. The number of nitrogens with one attached hydrogen (secondary N) is 1. The van der Waals surface area contributed by atoms with Crippen LogP contribution in [0.15, 0.2) is 59.5 Å². The van der Waals surface area contributed by atoms with Crippen LogP contribution in [0, 0.1) is 0 Å². The maximum absolute atomic E-state index is 12.2. The topological polar surface area (TPSA) is 66.5 Å². The summed E-state index contributed by atoms with van der Waals surface area (Å²) >= 11 is 6.08. The molecule has 5 nitrogen and oxygen atoms in total. The van der Waals surface area contributed by atoms with Crippen LogP contribution in [0.5, 0.6) is 0 Å². The van der Waals surface area contributed by atoms with Crippen molar-refractivity contribution < 1.29 is 13.2 Å². The van der Waals surface area contributed by atoms with E-state index in [0.29, 0.717) is 22.9 Å². The molecule has 134 valence electrons. The van der Waals surface area contributed by atoms with Crippen LogP contribution >= 0.6 is 11.6 Å². The Kier molecular flexibility index (Phi) is 6.84. The van der Waals surface area contributed by atoms with E-state index in [1.54, 1.807) is 43.4 Å². The number of nitrogens with zero attached hydrogens (tertiary/aromatic N) is 1. The van der Waals surface area contributed by atoms with Gasteiger partial charge in [0.05, 0.1) is 10.6 Å². The lowest BCUT2D eigenvalue weighted by Crippen LogP contribution is -2.37. The maximum atomic E-state index is 12.2. The lowest BCUT2D eigenvalue weighted by Gasteiger charge is -2.18. The molecule has 2 rings (SSSR count). The third kappa shape index (κ3) is 5.76. The molecule has 0 aliphatic carbocycles. The molecule has 0 aliphatic rings. The van der Waals surface area contributed by atoms with E-state index in [4.69, 9.17) is 11.6 Å². The van der Waals surface area contributed by atoms with Gasteiger partial charge in [0, 0.05) is 25.2 Å². The zero-order valence-electron chi connectivity index (χ0n) is 14.0. The fourth-order valence-corrected chi connectivity index (χ4v) is 3.82. The Labute approximate surface area is 153 Å². The molecule has 0 bridgehead atoms. The summed E-state index contributed by atoms with van der Waals surface area (Å²) in [5.41, 5.74) is 0.855. The molecule has 0 atom stereocenters. The van der Waals surface area contributed by atoms with Crippen molar-refractivity contribution in [2.24, 2.45) is 0 Å². The van der Waals surface area contributed by atoms with Gasteiger partial charge in [-0.25, -0.2) is 13.2 Å². The minimum Gasteiger partial charge on any atom is -0.338 e. The van der Waals surface area contributed by atoms with E-state index in [9.17, 15) is 13.2 Å². The molecule has 0 fully saturated rings. The van der Waals surface area contributed by atoms with E-state index < -0.39 is 9.84 Å². The first-order valence-electron chi connectivity index (χ1n) is 7.90. The van der Waals surface area contributed by atoms with Gasteiger partial charge in [0.1, 0.15) is 0 Å². The van der Waals surface area contributed by atoms with Crippen molar-refractivity contribution in [2.45, 2.75) is 17.9 Å². The molecule has 0 spiro atoms. The van der Waals surface area contributed by atoms with Gasteiger partial charge in [0.2, 0.25) is 0 Å². The smallest absolute Gasteiger partial charge is 0.317 e. The first-order valence-corrected chi connectivity index (χ1v) is 9.93. The lowest BCUT2D eigenvalue weighted by molar-refractivity contribution is 0.207. The molecule has 2 amide bonds. The Morgan fingerprint density at radius 2 is 1.72 bits per heavy atom. The summed E-state index contributed by atoms with van der Waals surface area (Å²) in [4.78, 5) is 13.9. The number of urea groups is 1. The van der Waals surface area contributed by atoms with Gasteiger partial charge in [0.25, 0.3) is 0 Å². The van der Waals surface area contributed by atoms with Crippen LogP contribution in [-0.2, 0) is 16.4 Å². The second-order valence-corrected chi connectivity index (χ2v) is 8.18. The number of sulfone groups is 1. The number of halogens is 1. The van der Waals surface area contributed by atoms with Crippen LogP contribution in [0.25, 0.3) is 0 Å². The number of amides is 2. The summed E-state index contributed by atoms with van der Waals surface area (Å²) in [5, 5.41) is 3.33. The number of carbonyl (C=O) groups excluding carboxylic acids is 1. The molecule has 25 heavy (non-hydrogen) atoms. The summed E-state index contributed by atoms with van der Waals surface area (Å²) in [6.45, 7) is 0.672. The van der Waals surface area contributed by atoms with Gasteiger partial charge in [-0.2, -0.15) is 0 Å². The first kappa shape index (κ1) is 19.3. The van der Waals surface area contributed by atoms with Gasteiger partial charge in [-0.15, -0.1) is 0 Å². The standard InChI is InChI=1S/C18H21ClN2O3S/c1-21(14-15-8-5-6-11-17(15)19)18(22)20-12-7-13-25(23,24)16-9-3-2-4-10-16/h2-6,8-11H,7,12-14H2,1H3,(H,20,22). The highest BCUT2D eigenvalue weighted by molar-refractivity contribution is 7.91. The van der Waals surface area contributed by atoms with Crippen LogP contribution in [0.1, 0.15) is 12.0 Å². The first-order chi connectivity index (χ1) is 11.9. The third-order valence-electron chi connectivity index (χ3n) is 3.68. The Morgan fingerprint density at radius 3 is 2.40 bits per heavy atom. The molecular formula is C18H21ClN2O3S. The zero-order valence-corrected chi connectivity index (χ0v) is 15.6. The van der Waals surface area contributed by atoms with E-state index in [-0.39, 0.29) is 18.3 Å². The summed E-state index contributed by atoms with van der Waals surface area (Å²) in [7, 11) is -1.65. The van der Waals surface area contributed by atoms with E-state index in [2.05, 4.69) is 5.32 Å². The Bertz CT molecular complexity index is 810. The van der Waals surface area contributed by atoms with Crippen LogP contribution in [0.4, 0.5) is 4.79 Å². The zero-order chi connectivity index (χ0) is 18.3.